The van der Waals surface area contributed by atoms with Crippen molar-refractivity contribution >= 4 is 23.3 Å². The fourth-order valence-electron chi connectivity index (χ4n) is 1.15. The largest absolute Gasteiger partial charge is 0.481 e. The van der Waals surface area contributed by atoms with E-state index in [2.05, 4.69) is 5.32 Å². The van der Waals surface area contributed by atoms with Crippen LogP contribution in [0.2, 0.25) is 5.02 Å². The lowest BCUT2D eigenvalue weighted by Crippen LogP contribution is -2.08. The van der Waals surface area contributed by atoms with E-state index in [1.54, 1.807) is 6.07 Å². The molecule has 1 aromatic carbocycles. The third kappa shape index (κ3) is 2.92. The SMILES string of the molecule is Cc1cccc(Cl)c1NCCC(=O)O. The zero-order valence-electron chi connectivity index (χ0n) is 7.88. The third-order valence-corrected chi connectivity index (χ3v) is 2.18. The van der Waals surface area contributed by atoms with Crippen molar-refractivity contribution in [3.05, 3.63) is 28.8 Å². The van der Waals surface area contributed by atoms with Gasteiger partial charge in [0.05, 0.1) is 17.1 Å². The number of anilines is 1. The normalized spacial score (nSPS) is 9.86. The molecule has 0 saturated heterocycles. The molecule has 0 amide bonds. The van der Waals surface area contributed by atoms with Crippen molar-refractivity contribution in [3.8, 4) is 0 Å². The number of carboxylic acids is 1. The lowest BCUT2D eigenvalue weighted by Gasteiger charge is -2.09. The van der Waals surface area contributed by atoms with Crippen LogP contribution in [0.25, 0.3) is 0 Å². The van der Waals surface area contributed by atoms with Gasteiger partial charge in [-0.1, -0.05) is 23.7 Å². The van der Waals surface area contributed by atoms with E-state index in [4.69, 9.17) is 16.7 Å². The van der Waals surface area contributed by atoms with Crippen LogP contribution in [0, 0.1) is 6.92 Å². The van der Waals surface area contributed by atoms with E-state index in [-0.39, 0.29) is 6.42 Å². The molecule has 0 heterocycles. The summed E-state index contributed by atoms with van der Waals surface area (Å²) in [5.74, 6) is -0.817. The number of para-hydroxylation sites is 1. The highest BCUT2D eigenvalue weighted by molar-refractivity contribution is 6.33. The average Bonchev–Trinajstić information content (AvgIpc) is 2.09. The molecule has 76 valence electrons. The molecule has 1 rings (SSSR count). The van der Waals surface area contributed by atoms with E-state index in [0.29, 0.717) is 11.6 Å². The van der Waals surface area contributed by atoms with Crippen LogP contribution < -0.4 is 5.32 Å². The topological polar surface area (TPSA) is 49.3 Å². The van der Waals surface area contributed by atoms with Gasteiger partial charge in [0, 0.05) is 6.54 Å². The molecule has 0 unspecified atom stereocenters. The molecule has 0 aliphatic carbocycles. The molecular weight excluding hydrogens is 202 g/mol. The second-order valence-corrected chi connectivity index (χ2v) is 3.41. The lowest BCUT2D eigenvalue weighted by molar-refractivity contribution is -0.136. The monoisotopic (exact) mass is 213 g/mol. The highest BCUT2D eigenvalue weighted by Gasteiger charge is 2.03. The number of carboxylic acid groups (broad SMARTS) is 1. The zero-order valence-corrected chi connectivity index (χ0v) is 8.64. The Balaban J connectivity index is 2.62. The number of hydrogen-bond acceptors (Lipinski definition) is 2. The minimum Gasteiger partial charge on any atom is -0.481 e. The first-order valence-corrected chi connectivity index (χ1v) is 4.70. The molecule has 3 nitrogen and oxygen atoms in total. The van der Waals surface area contributed by atoms with Gasteiger partial charge >= 0.3 is 5.97 Å². The first-order chi connectivity index (χ1) is 6.61. The molecule has 0 aliphatic heterocycles. The van der Waals surface area contributed by atoms with E-state index < -0.39 is 5.97 Å². The fraction of sp³-hybridized carbons (Fsp3) is 0.300. The number of carbonyl (C=O) groups is 1. The van der Waals surface area contributed by atoms with Crippen molar-refractivity contribution in [2.24, 2.45) is 0 Å². The van der Waals surface area contributed by atoms with Gasteiger partial charge in [-0.2, -0.15) is 0 Å². The molecule has 0 spiro atoms. The van der Waals surface area contributed by atoms with Crippen LogP contribution in [0.15, 0.2) is 18.2 Å². The van der Waals surface area contributed by atoms with Gasteiger partial charge in [-0.25, -0.2) is 0 Å². The Bertz CT molecular complexity index is 319. The Kier molecular flexibility index (Phi) is 3.77. The number of aryl methyl sites for hydroxylation is 1. The summed E-state index contributed by atoms with van der Waals surface area (Å²) >= 11 is 5.93. The second-order valence-electron chi connectivity index (χ2n) is 3.00. The molecule has 4 heteroatoms. The molecule has 0 atom stereocenters. The summed E-state index contributed by atoms with van der Waals surface area (Å²) in [7, 11) is 0. The molecule has 1 aromatic rings. The fourth-order valence-corrected chi connectivity index (χ4v) is 1.44. The Morgan fingerprint density at radius 1 is 1.57 bits per heavy atom. The van der Waals surface area contributed by atoms with E-state index >= 15 is 0 Å². The molecule has 0 fully saturated rings. The molecule has 0 aliphatic rings. The summed E-state index contributed by atoms with van der Waals surface area (Å²) < 4.78 is 0. The van der Waals surface area contributed by atoms with Crippen LogP contribution in [0.5, 0.6) is 0 Å². The average molecular weight is 214 g/mol. The Morgan fingerprint density at radius 3 is 2.86 bits per heavy atom. The van der Waals surface area contributed by atoms with Crippen molar-refractivity contribution in [2.75, 3.05) is 11.9 Å². The van der Waals surface area contributed by atoms with Crippen molar-refractivity contribution in [1.29, 1.82) is 0 Å². The van der Waals surface area contributed by atoms with E-state index in [1.165, 1.54) is 0 Å². The van der Waals surface area contributed by atoms with Gasteiger partial charge in [0.15, 0.2) is 0 Å². The maximum absolute atomic E-state index is 10.3. The van der Waals surface area contributed by atoms with E-state index in [0.717, 1.165) is 11.3 Å². The predicted octanol–water partition coefficient (Wildman–Crippen LogP) is 2.54. The van der Waals surface area contributed by atoms with Crippen molar-refractivity contribution in [1.82, 2.24) is 0 Å². The Hall–Kier alpha value is -1.22. The minimum atomic E-state index is -0.817. The molecule has 2 N–H and O–H groups in total. The number of hydrogen-bond donors (Lipinski definition) is 2. The van der Waals surface area contributed by atoms with Gasteiger partial charge in [0.1, 0.15) is 0 Å². The maximum Gasteiger partial charge on any atom is 0.305 e. The zero-order chi connectivity index (χ0) is 10.6. The van der Waals surface area contributed by atoms with Crippen LogP contribution in [0.1, 0.15) is 12.0 Å². The van der Waals surface area contributed by atoms with Crippen molar-refractivity contribution < 1.29 is 9.90 Å². The van der Waals surface area contributed by atoms with Crippen LogP contribution in [-0.4, -0.2) is 17.6 Å². The first kappa shape index (κ1) is 10.9. The molecule has 0 aromatic heterocycles. The van der Waals surface area contributed by atoms with Gasteiger partial charge in [-0.15, -0.1) is 0 Å². The van der Waals surface area contributed by atoms with Gasteiger partial charge in [0.2, 0.25) is 0 Å². The number of benzene rings is 1. The summed E-state index contributed by atoms with van der Waals surface area (Å²) in [5.41, 5.74) is 1.83. The molecule has 14 heavy (non-hydrogen) atoms. The Morgan fingerprint density at radius 2 is 2.29 bits per heavy atom. The summed E-state index contributed by atoms with van der Waals surface area (Å²) in [6.07, 6.45) is 0.0880. The van der Waals surface area contributed by atoms with E-state index in [9.17, 15) is 4.79 Å². The third-order valence-electron chi connectivity index (χ3n) is 1.86. The van der Waals surface area contributed by atoms with Crippen LogP contribution >= 0.6 is 11.6 Å². The van der Waals surface area contributed by atoms with Crippen molar-refractivity contribution in [2.45, 2.75) is 13.3 Å². The van der Waals surface area contributed by atoms with Crippen LogP contribution in [0.4, 0.5) is 5.69 Å². The number of rotatable bonds is 4. The Labute approximate surface area is 87.7 Å². The summed E-state index contributed by atoms with van der Waals surface area (Å²) in [6.45, 7) is 2.31. The van der Waals surface area contributed by atoms with Gasteiger partial charge in [-0.05, 0) is 18.6 Å². The standard InChI is InChI=1S/C10H12ClNO2/c1-7-3-2-4-8(11)10(7)12-6-5-9(13)14/h2-4,12H,5-6H2,1H3,(H,13,14). The summed E-state index contributed by atoms with van der Waals surface area (Å²) in [5, 5.41) is 12.1. The highest BCUT2D eigenvalue weighted by Crippen LogP contribution is 2.24. The highest BCUT2D eigenvalue weighted by atomic mass is 35.5. The van der Waals surface area contributed by atoms with Crippen LogP contribution in [0.3, 0.4) is 0 Å². The smallest absolute Gasteiger partial charge is 0.305 e. The van der Waals surface area contributed by atoms with Crippen LogP contribution in [-0.2, 0) is 4.79 Å². The summed E-state index contributed by atoms with van der Waals surface area (Å²) in [6, 6.07) is 5.56. The lowest BCUT2D eigenvalue weighted by atomic mass is 10.2. The first-order valence-electron chi connectivity index (χ1n) is 4.32. The van der Waals surface area contributed by atoms with Gasteiger partial charge < -0.3 is 10.4 Å². The molecule has 0 saturated carbocycles. The molecular formula is C10H12ClNO2. The second kappa shape index (κ2) is 4.86. The van der Waals surface area contributed by atoms with E-state index in [1.807, 2.05) is 19.1 Å². The molecule has 0 bridgehead atoms. The number of nitrogens with one attached hydrogen (secondary N) is 1. The van der Waals surface area contributed by atoms with Gasteiger partial charge in [-0.3, -0.25) is 4.79 Å². The summed E-state index contributed by atoms with van der Waals surface area (Å²) in [4.78, 5) is 10.3. The molecule has 0 radical (unpaired) electrons. The predicted molar refractivity (Wildman–Crippen MR) is 56.9 cm³/mol. The minimum absolute atomic E-state index is 0.0880. The maximum atomic E-state index is 10.3. The number of halogens is 1. The number of aliphatic carboxylic acids is 1. The van der Waals surface area contributed by atoms with Gasteiger partial charge in [0.25, 0.3) is 0 Å². The van der Waals surface area contributed by atoms with Crippen molar-refractivity contribution in [3.63, 3.8) is 0 Å². The quantitative estimate of drug-likeness (QED) is 0.808.